The number of piperazine rings is 1. The van der Waals surface area contributed by atoms with Gasteiger partial charge < -0.3 is 15.5 Å². The summed E-state index contributed by atoms with van der Waals surface area (Å²) in [4.78, 5) is 29.3. The van der Waals surface area contributed by atoms with E-state index < -0.39 is 6.04 Å². The van der Waals surface area contributed by atoms with Crippen LogP contribution < -0.4 is 10.6 Å². The minimum absolute atomic E-state index is 0. The first kappa shape index (κ1) is 22.2. The Morgan fingerprint density at radius 3 is 2.44 bits per heavy atom. The summed E-state index contributed by atoms with van der Waals surface area (Å²) in [6.07, 6.45) is 1.50. The van der Waals surface area contributed by atoms with Crippen molar-refractivity contribution in [3.05, 3.63) is 33.8 Å². The molecule has 0 radical (unpaired) electrons. The molecule has 6 nitrogen and oxygen atoms in total. The second-order valence-electron chi connectivity index (χ2n) is 6.70. The largest absolute Gasteiger partial charge is 0.353 e. The van der Waals surface area contributed by atoms with Gasteiger partial charge >= 0.3 is 0 Å². The maximum Gasteiger partial charge on any atom is 0.254 e. The standard InChI is InChI=1S/C18H24Cl2N4O2.ClH/c19-14-10-13(11-15(20)12-14)18(26)24-6-1-2-16(24)17(25)22-5-9-23-7-3-21-4-8-23;/h10-12,16,21H,1-9H2,(H,22,25);1H. The highest BCUT2D eigenvalue weighted by Gasteiger charge is 2.34. The minimum atomic E-state index is -0.428. The molecule has 2 aliphatic rings. The second kappa shape index (κ2) is 10.5. The van der Waals surface area contributed by atoms with Crippen molar-refractivity contribution >= 4 is 47.4 Å². The van der Waals surface area contributed by atoms with E-state index in [2.05, 4.69) is 15.5 Å². The number of nitrogens with one attached hydrogen (secondary N) is 2. The molecule has 2 N–H and O–H groups in total. The van der Waals surface area contributed by atoms with Crippen LogP contribution in [0.25, 0.3) is 0 Å². The van der Waals surface area contributed by atoms with Crippen LogP contribution in [0, 0.1) is 0 Å². The van der Waals surface area contributed by atoms with E-state index in [9.17, 15) is 9.59 Å². The van der Waals surface area contributed by atoms with Crippen LogP contribution in [0.2, 0.25) is 10.0 Å². The molecule has 9 heteroatoms. The molecule has 0 spiro atoms. The van der Waals surface area contributed by atoms with Gasteiger partial charge in [0, 0.05) is 61.4 Å². The summed E-state index contributed by atoms with van der Waals surface area (Å²) in [6.45, 7) is 5.97. The molecule has 3 rings (SSSR count). The van der Waals surface area contributed by atoms with Crippen LogP contribution in [0.5, 0.6) is 0 Å². The first-order valence-electron chi connectivity index (χ1n) is 9.02. The molecule has 1 unspecified atom stereocenters. The van der Waals surface area contributed by atoms with E-state index in [0.29, 0.717) is 35.1 Å². The maximum atomic E-state index is 12.8. The molecule has 0 saturated carbocycles. The Labute approximate surface area is 176 Å². The molecular weight excluding hydrogens is 411 g/mol. The molecule has 1 atom stereocenters. The molecule has 1 aromatic carbocycles. The third-order valence-electron chi connectivity index (χ3n) is 4.86. The Morgan fingerprint density at radius 2 is 1.78 bits per heavy atom. The van der Waals surface area contributed by atoms with Crippen LogP contribution in [0.3, 0.4) is 0 Å². The van der Waals surface area contributed by atoms with Gasteiger partial charge in [-0.25, -0.2) is 0 Å². The molecule has 2 heterocycles. The van der Waals surface area contributed by atoms with Gasteiger partial charge in [-0.15, -0.1) is 12.4 Å². The van der Waals surface area contributed by atoms with Crippen molar-refractivity contribution in [2.24, 2.45) is 0 Å². The van der Waals surface area contributed by atoms with Gasteiger partial charge in [0.25, 0.3) is 5.91 Å². The minimum Gasteiger partial charge on any atom is -0.353 e. The van der Waals surface area contributed by atoms with E-state index in [-0.39, 0.29) is 24.2 Å². The Bertz CT molecular complexity index is 648. The fourth-order valence-corrected chi connectivity index (χ4v) is 4.04. The summed E-state index contributed by atoms with van der Waals surface area (Å²) in [5, 5.41) is 7.12. The summed E-state index contributed by atoms with van der Waals surface area (Å²) < 4.78 is 0. The van der Waals surface area contributed by atoms with Gasteiger partial charge in [-0.3, -0.25) is 14.5 Å². The van der Waals surface area contributed by atoms with Crippen molar-refractivity contribution in [1.82, 2.24) is 20.4 Å². The van der Waals surface area contributed by atoms with E-state index in [1.54, 1.807) is 23.1 Å². The number of hydrogen-bond donors (Lipinski definition) is 2. The smallest absolute Gasteiger partial charge is 0.254 e. The first-order valence-corrected chi connectivity index (χ1v) is 9.78. The molecule has 2 saturated heterocycles. The van der Waals surface area contributed by atoms with Crippen LogP contribution in [-0.4, -0.2) is 73.5 Å². The number of benzene rings is 1. The third-order valence-corrected chi connectivity index (χ3v) is 5.30. The Hall–Kier alpha value is -1.05. The van der Waals surface area contributed by atoms with E-state index >= 15 is 0 Å². The topological polar surface area (TPSA) is 64.7 Å². The lowest BCUT2D eigenvalue weighted by molar-refractivity contribution is -0.124. The van der Waals surface area contributed by atoms with Gasteiger partial charge in [-0.2, -0.15) is 0 Å². The Balaban J connectivity index is 0.00000261. The van der Waals surface area contributed by atoms with Crippen LogP contribution in [-0.2, 0) is 4.79 Å². The number of nitrogens with zero attached hydrogens (tertiary/aromatic N) is 2. The van der Waals surface area contributed by atoms with E-state index in [1.807, 2.05) is 0 Å². The zero-order chi connectivity index (χ0) is 18.5. The lowest BCUT2D eigenvalue weighted by Gasteiger charge is -2.28. The highest BCUT2D eigenvalue weighted by molar-refractivity contribution is 6.35. The van der Waals surface area contributed by atoms with Gasteiger partial charge in [0.2, 0.25) is 5.91 Å². The second-order valence-corrected chi connectivity index (χ2v) is 7.57. The highest BCUT2D eigenvalue weighted by Crippen LogP contribution is 2.24. The van der Waals surface area contributed by atoms with Crippen molar-refractivity contribution < 1.29 is 9.59 Å². The summed E-state index contributed by atoms with van der Waals surface area (Å²) in [5.74, 6) is -0.284. The van der Waals surface area contributed by atoms with Crippen LogP contribution in [0.1, 0.15) is 23.2 Å². The van der Waals surface area contributed by atoms with Crippen molar-refractivity contribution in [2.75, 3.05) is 45.8 Å². The van der Waals surface area contributed by atoms with Crippen LogP contribution >= 0.6 is 35.6 Å². The Morgan fingerprint density at radius 1 is 1.11 bits per heavy atom. The molecule has 2 amide bonds. The zero-order valence-corrected chi connectivity index (χ0v) is 17.4. The predicted octanol–water partition coefficient (Wildman–Crippen LogP) is 2.04. The number of hydrogen-bond acceptors (Lipinski definition) is 4. The molecule has 0 bridgehead atoms. The highest BCUT2D eigenvalue weighted by atomic mass is 35.5. The quantitative estimate of drug-likeness (QED) is 0.743. The van der Waals surface area contributed by atoms with Crippen molar-refractivity contribution in [1.29, 1.82) is 0 Å². The third kappa shape index (κ3) is 5.96. The molecule has 2 fully saturated rings. The maximum absolute atomic E-state index is 12.8. The fourth-order valence-electron chi connectivity index (χ4n) is 3.52. The van der Waals surface area contributed by atoms with Gasteiger partial charge in [-0.05, 0) is 31.0 Å². The lowest BCUT2D eigenvalue weighted by Crippen LogP contribution is -2.49. The average Bonchev–Trinajstić information content (AvgIpc) is 3.11. The van der Waals surface area contributed by atoms with Gasteiger partial charge in [0.1, 0.15) is 6.04 Å². The van der Waals surface area contributed by atoms with Crippen molar-refractivity contribution in [3.63, 3.8) is 0 Å². The number of amides is 2. The SMILES string of the molecule is Cl.O=C(NCCN1CCNCC1)C1CCCN1C(=O)c1cc(Cl)cc(Cl)c1. The van der Waals surface area contributed by atoms with Gasteiger partial charge in [0.15, 0.2) is 0 Å². The molecule has 2 aliphatic heterocycles. The van der Waals surface area contributed by atoms with Gasteiger partial charge in [-0.1, -0.05) is 23.2 Å². The predicted molar refractivity (Wildman–Crippen MR) is 110 cm³/mol. The summed E-state index contributed by atoms with van der Waals surface area (Å²) in [5.41, 5.74) is 0.419. The molecule has 1 aromatic rings. The average molecular weight is 436 g/mol. The molecule has 0 aromatic heterocycles. The lowest BCUT2D eigenvalue weighted by atomic mass is 10.1. The number of rotatable bonds is 5. The van der Waals surface area contributed by atoms with Crippen LogP contribution in [0.4, 0.5) is 0 Å². The fraction of sp³-hybridized carbons (Fsp3) is 0.556. The normalized spacial score (nSPS) is 20.2. The number of carbonyl (C=O) groups excluding carboxylic acids is 2. The molecular formula is C18H25Cl3N4O2. The molecule has 0 aliphatic carbocycles. The first-order chi connectivity index (χ1) is 12.5. The summed E-state index contributed by atoms with van der Waals surface area (Å²) in [6, 6.07) is 4.34. The number of likely N-dealkylation sites (tertiary alicyclic amines) is 1. The van der Waals surface area contributed by atoms with E-state index in [4.69, 9.17) is 23.2 Å². The molecule has 150 valence electrons. The van der Waals surface area contributed by atoms with Crippen LogP contribution in [0.15, 0.2) is 18.2 Å². The van der Waals surface area contributed by atoms with Gasteiger partial charge in [0.05, 0.1) is 0 Å². The number of halogens is 3. The van der Waals surface area contributed by atoms with Crippen molar-refractivity contribution in [2.45, 2.75) is 18.9 Å². The monoisotopic (exact) mass is 434 g/mol. The number of carbonyl (C=O) groups is 2. The van der Waals surface area contributed by atoms with Crippen molar-refractivity contribution in [3.8, 4) is 0 Å². The summed E-state index contributed by atoms with van der Waals surface area (Å²) in [7, 11) is 0. The Kier molecular flexibility index (Phi) is 8.63. The zero-order valence-electron chi connectivity index (χ0n) is 15.0. The van der Waals surface area contributed by atoms with E-state index in [1.165, 1.54) is 0 Å². The van der Waals surface area contributed by atoms with E-state index in [0.717, 1.165) is 39.1 Å². The summed E-state index contributed by atoms with van der Waals surface area (Å²) >= 11 is 12.0. The molecule has 27 heavy (non-hydrogen) atoms.